The van der Waals surface area contributed by atoms with Gasteiger partial charge in [0, 0.05) is 6.20 Å². The number of aryl methyl sites for hydroxylation is 1. The summed E-state index contributed by atoms with van der Waals surface area (Å²) in [6.45, 7) is 7.52. The third kappa shape index (κ3) is 4.51. The Kier molecular flexibility index (Phi) is 6.07. The molecular formula is C22H25N5O2. The Hall–Kier alpha value is -3.48. The first kappa shape index (κ1) is 20.3. The predicted octanol–water partition coefficient (Wildman–Crippen LogP) is 3.28. The van der Waals surface area contributed by atoms with Crippen LogP contribution in [0.25, 0.3) is 5.69 Å². The van der Waals surface area contributed by atoms with E-state index in [9.17, 15) is 9.59 Å². The summed E-state index contributed by atoms with van der Waals surface area (Å²) in [5.41, 5.74) is 3.36. The third-order valence-electron chi connectivity index (χ3n) is 4.67. The van der Waals surface area contributed by atoms with Crippen molar-refractivity contribution in [2.45, 2.75) is 33.7 Å². The van der Waals surface area contributed by atoms with Crippen LogP contribution in [-0.4, -0.2) is 32.6 Å². The Morgan fingerprint density at radius 1 is 1.00 bits per heavy atom. The fourth-order valence-electron chi connectivity index (χ4n) is 3.09. The van der Waals surface area contributed by atoms with E-state index in [1.165, 1.54) is 0 Å². The van der Waals surface area contributed by atoms with Gasteiger partial charge >= 0.3 is 0 Å². The van der Waals surface area contributed by atoms with Crippen LogP contribution in [0.15, 0.2) is 54.7 Å². The molecule has 150 valence electrons. The fourth-order valence-corrected chi connectivity index (χ4v) is 3.09. The summed E-state index contributed by atoms with van der Waals surface area (Å²) in [5, 5.41) is 10.3. The molecule has 0 unspecified atom stereocenters. The average Bonchev–Trinajstić information content (AvgIpc) is 3.01. The SMILES string of the molecule is Cc1nn(-c2ccccc2)c(C)c1NC(=O)[C@@H](NC(=O)c1ccccn1)C(C)C. The summed E-state index contributed by atoms with van der Waals surface area (Å²) in [4.78, 5) is 29.5. The van der Waals surface area contributed by atoms with Gasteiger partial charge in [-0.2, -0.15) is 5.10 Å². The smallest absolute Gasteiger partial charge is 0.270 e. The number of nitrogens with zero attached hydrogens (tertiary/aromatic N) is 3. The lowest BCUT2D eigenvalue weighted by Crippen LogP contribution is -2.47. The summed E-state index contributed by atoms with van der Waals surface area (Å²) >= 11 is 0. The lowest BCUT2D eigenvalue weighted by molar-refractivity contribution is -0.118. The zero-order chi connectivity index (χ0) is 21.0. The maximum Gasteiger partial charge on any atom is 0.270 e. The normalized spacial score (nSPS) is 11.9. The molecule has 0 aliphatic rings. The van der Waals surface area contributed by atoms with Crippen molar-refractivity contribution >= 4 is 17.5 Å². The number of pyridine rings is 1. The van der Waals surface area contributed by atoms with Gasteiger partial charge in [-0.25, -0.2) is 4.68 Å². The van der Waals surface area contributed by atoms with Crippen molar-refractivity contribution in [3.05, 3.63) is 71.8 Å². The van der Waals surface area contributed by atoms with Gasteiger partial charge in [0.2, 0.25) is 5.91 Å². The van der Waals surface area contributed by atoms with Crippen LogP contribution in [0.5, 0.6) is 0 Å². The first-order valence-corrected chi connectivity index (χ1v) is 9.53. The minimum Gasteiger partial charge on any atom is -0.339 e. The zero-order valence-electron chi connectivity index (χ0n) is 17.0. The van der Waals surface area contributed by atoms with Crippen molar-refractivity contribution in [3.63, 3.8) is 0 Å². The molecule has 0 aliphatic carbocycles. The molecule has 1 atom stereocenters. The van der Waals surface area contributed by atoms with Gasteiger partial charge in [0.25, 0.3) is 5.91 Å². The van der Waals surface area contributed by atoms with Crippen LogP contribution in [0, 0.1) is 19.8 Å². The van der Waals surface area contributed by atoms with Crippen LogP contribution < -0.4 is 10.6 Å². The lowest BCUT2D eigenvalue weighted by atomic mass is 10.0. The van der Waals surface area contributed by atoms with Crippen LogP contribution in [-0.2, 0) is 4.79 Å². The minimum atomic E-state index is -0.705. The monoisotopic (exact) mass is 391 g/mol. The number of benzene rings is 1. The third-order valence-corrected chi connectivity index (χ3v) is 4.67. The molecular weight excluding hydrogens is 366 g/mol. The number of carbonyl (C=O) groups is 2. The van der Waals surface area contributed by atoms with Crippen LogP contribution >= 0.6 is 0 Å². The standard InChI is InChI=1S/C22H25N5O2/c1-14(2)19(24-21(28)18-12-8-9-13-23-18)22(29)25-20-15(3)26-27(16(20)4)17-10-6-5-7-11-17/h5-14,19H,1-4H3,(H,24,28)(H,25,29)/t19-/m0/s1. The molecule has 2 N–H and O–H groups in total. The zero-order valence-corrected chi connectivity index (χ0v) is 17.0. The quantitative estimate of drug-likeness (QED) is 0.675. The number of rotatable bonds is 6. The van der Waals surface area contributed by atoms with Crippen LogP contribution in [0.2, 0.25) is 0 Å². The molecule has 7 heteroatoms. The van der Waals surface area contributed by atoms with E-state index in [0.29, 0.717) is 11.4 Å². The van der Waals surface area contributed by atoms with Gasteiger partial charge in [0.1, 0.15) is 11.7 Å². The highest BCUT2D eigenvalue weighted by Gasteiger charge is 2.27. The summed E-state index contributed by atoms with van der Waals surface area (Å²) in [7, 11) is 0. The van der Waals surface area contributed by atoms with E-state index < -0.39 is 6.04 Å². The molecule has 7 nitrogen and oxygen atoms in total. The van der Waals surface area contributed by atoms with Crippen LogP contribution in [0.1, 0.15) is 35.7 Å². The number of aromatic nitrogens is 3. The molecule has 0 spiro atoms. The van der Waals surface area contributed by atoms with Crippen LogP contribution in [0.3, 0.4) is 0 Å². The first-order chi connectivity index (χ1) is 13.9. The van der Waals surface area contributed by atoms with E-state index >= 15 is 0 Å². The maximum atomic E-state index is 13.0. The highest BCUT2D eigenvalue weighted by Crippen LogP contribution is 2.23. The van der Waals surface area contributed by atoms with Gasteiger partial charge < -0.3 is 10.6 Å². The number of carbonyl (C=O) groups excluding carboxylic acids is 2. The maximum absolute atomic E-state index is 13.0. The minimum absolute atomic E-state index is 0.104. The van der Waals surface area contributed by atoms with Crippen molar-refractivity contribution in [2.75, 3.05) is 5.32 Å². The molecule has 2 heterocycles. The Morgan fingerprint density at radius 3 is 2.31 bits per heavy atom. The van der Waals surface area contributed by atoms with Crippen molar-refractivity contribution < 1.29 is 9.59 Å². The Labute approximate surface area is 170 Å². The number of para-hydroxylation sites is 1. The Balaban J connectivity index is 1.80. The van der Waals surface area contributed by atoms with Gasteiger partial charge in [0.15, 0.2) is 0 Å². The van der Waals surface area contributed by atoms with Crippen molar-refractivity contribution in [1.29, 1.82) is 0 Å². The molecule has 29 heavy (non-hydrogen) atoms. The highest BCUT2D eigenvalue weighted by atomic mass is 16.2. The lowest BCUT2D eigenvalue weighted by Gasteiger charge is -2.21. The number of hydrogen-bond donors (Lipinski definition) is 2. The van der Waals surface area contributed by atoms with E-state index in [-0.39, 0.29) is 23.4 Å². The average molecular weight is 391 g/mol. The highest BCUT2D eigenvalue weighted by molar-refractivity contribution is 6.01. The Bertz CT molecular complexity index is 997. The summed E-state index contributed by atoms with van der Waals surface area (Å²) < 4.78 is 1.79. The topological polar surface area (TPSA) is 88.9 Å². The summed E-state index contributed by atoms with van der Waals surface area (Å²) in [6.07, 6.45) is 1.55. The molecule has 0 bridgehead atoms. The van der Waals surface area contributed by atoms with Gasteiger partial charge in [-0.1, -0.05) is 38.1 Å². The second-order valence-corrected chi connectivity index (χ2v) is 7.19. The van der Waals surface area contributed by atoms with E-state index in [2.05, 4.69) is 20.7 Å². The first-order valence-electron chi connectivity index (χ1n) is 9.53. The molecule has 2 amide bonds. The fraction of sp³-hybridized carbons (Fsp3) is 0.273. The molecule has 0 radical (unpaired) electrons. The van der Waals surface area contributed by atoms with Gasteiger partial charge in [0.05, 0.1) is 22.8 Å². The van der Waals surface area contributed by atoms with Gasteiger partial charge in [-0.05, 0) is 44.0 Å². The molecule has 3 aromatic rings. The van der Waals surface area contributed by atoms with Crippen molar-refractivity contribution in [2.24, 2.45) is 5.92 Å². The summed E-state index contributed by atoms with van der Waals surface area (Å²) in [6, 6.07) is 14.1. The molecule has 0 saturated carbocycles. The van der Waals surface area contributed by atoms with Crippen LogP contribution in [0.4, 0.5) is 5.69 Å². The molecule has 1 aromatic carbocycles. The van der Waals surface area contributed by atoms with E-state index in [1.807, 2.05) is 58.0 Å². The van der Waals surface area contributed by atoms with Gasteiger partial charge in [-0.15, -0.1) is 0 Å². The molecule has 2 aromatic heterocycles. The van der Waals surface area contributed by atoms with Crippen molar-refractivity contribution in [3.8, 4) is 5.69 Å². The molecule has 3 rings (SSSR count). The number of anilines is 1. The Morgan fingerprint density at radius 2 is 1.69 bits per heavy atom. The van der Waals surface area contributed by atoms with E-state index in [0.717, 1.165) is 11.4 Å². The number of nitrogens with one attached hydrogen (secondary N) is 2. The molecule has 0 fully saturated rings. The second-order valence-electron chi connectivity index (χ2n) is 7.19. The van der Waals surface area contributed by atoms with E-state index in [1.54, 1.807) is 29.1 Å². The molecule has 0 saturated heterocycles. The summed E-state index contributed by atoms with van der Waals surface area (Å²) in [5.74, 6) is -0.775. The number of hydrogen-bond acceptors (Lipinski definition) is 4. The van der Waals surface area contributed by atoms with E-state index in [4.69, 9.17) is 0 Å². The van der Waals surface area contributed by atoms with Crippen molar-refractivity contribution in [1.82, 2.24) is 20.1 Å². The number of amides is 2. The van der Waals surface area contributed by atoms with Gasteiger partial charge in [-0.3, -0.25) is 14.6 Å². The molecule has 0 aliphatic heterocycles. The predicted molar refractivity (Wildman–Crippen MR) is 112 cm³/mol. The second kappa shape index (κ2) is 8.68. The largest absolute Gasteiger partial charge is 0.339 e.